The average molecular weight is 532 g/mol. The summed E-state index contributed by atoms with van der Waals surface area (Å²) in [6, 6.07) is 13.2. The fourth-order valence-electron chi connectivity index (χ4n) is 4.44. The number of nitrogens with one attached hydrogen (secondary N) is 1. The Morgan fingerprint density at radius 1 is 1.08 bits per heavy atom. The number of carbonyl (C=O) groups is 2. The van der Waals surface area contributed by atoms with Crippen LogP contribution in [0.25, 0.3) is 0 Å². The summed E-state index contributed by atoms with van der Waals surface area (Å²) >= 11 is 0. The molecule has 1 aliphatic carbocycles. The van der Waals surface area contributed by atoms with Gasteiger partial charge in [0.25, 0.3) is 0 Å². The fourth-order valence-corrected chi connectivity index (χ4v) is 5.29. The Balaban J connectivity index is 1.90. The normalized spacial score (nSPS) is 14.6. The molecule has 0 aliphatic heterocycles. The molecule has 9 nitrogen and oxygen atoms in total. The van der Waals surface area contributed by atoms with Crippen molar-refractivity contribution in [2.75, 3.05) is 30.8 Å². The number of amides is 2. The predicted molar refractivity (Wildman–Crippen MR) is 143 cm³/mol. The van der Waals surface area contributed by atoms with Gasteiger partial charge in [-0.2, -0.15) is 0 Å². The summed E-state index contributed by atoms with van der Waals surface area (Å²) in [4.78, 5) is 28.3. The maximum absolute atomic E-state index is 13.7. The van der Waals surface area contributed by atoms with Crippen LogP contribution in [0.4, 0.5) is 5.69 Å². The average Bonchev–Trinajstić information content (AvgIpc) is 3.38. The predicted octanol–water partition coefficient (Wildman–Crippen LogP) is 3.34. The van der Waals surface area contributed by atoms with Crippen molar-refractivity contribution in [3.8, 4) is 11.5 Å². The monoisotopic (exact) mass is 531 g/mol. The second-order valence-electron chi connectivity index (χ2n) is 9.21. The zero-order valence-electron chi connectivity index (χ0n) is 22.0. The molecule has 1 N–H and O–H groups in total. The van der Waals surface area contributed by atoms with E-state index < -0.39 is 28.5 Å². The van der Waals surface area contributed by atoms with Crippen LogP contribution in [0.2, 0.25) is 0 Å². The number of hydrogen-bond donors (Lipinski definition) is 1. The number of ether oxygens (including phenoxy) is 2. The van der Waals surface area contributed by atoms with Gasteiger partial charge in [0.05, 0.1) is 25.7 Å². The lowest BCUT2D eigenvalue weighted by molar-refractivity contribution is -0.139. The highest BCUT2D eigenvalue weighted by atomic mass is 32.2. The van der Waals surface area contributed by atoms with Gasteiger partial charge in [-0.05, 0) is 56.5 Å². The number of methoxy groups -OCH3 is 1. The zero-order valence-corrected chi connectivity index (χ0v) is 22.8. The van der Waals surface area contributed by atoms with Gasteiger partial charge in [-0.1, -0.05) is 37.1 Å². The van der Waals surface area contributed by atoms with Crippen molar-refractivity contribution < 1.29 is 27.5 Å². The largest absolute Gasteiger partial charge is 0.497 e. The highest BCUT2D eigenvalue weighted by Gasteiger charge is 2.32. The summed E-state index contributed by atoms with van der Waals surface area (Å²) < 4.78 is 37.5. The van der Waals surface area contributed by atoms with Crippen LogP contribution in [0.1, 0.15) is 45.1 Å². The molecule has 0 unspecified atom stereocenters. The summed E-state index contributed by atoms with van der Waals surface area (Å²) in [5.41, 5.74) is 1.06. The van der Waals surface area contributed by atoms with E-state index in [0.29, 0.717) is 18.1 Å². The van der Waals surface area contributed by atoms with E-state index in [2.05, 4.69) is 5.32 Å². The van der Waals surface area contributed by atoms with E-state index in [0.717, 1.165) is 41.8 Å². The second kappa shape index (κ2) is 12.8. The molecule has 1 atom stereocenters. The van der Waals surface area contributed by atoms with Gasteiger partial charge in [0.1, 0.15) is 24.1 Å². The first-order valence-corrected chi connectivity index (χ1v) is 14.4. The Morgan fingerprint density at radius 2 is 1.73 bits per heavy atom. The van der Waals surface area contributed by atoms with Crippen LogP contribution in [0.3, 0.4) is 0 Å². The van der Waals surface area contributed by atoms with E-state index in [1.54, 1.807) is 57.4 Å². The third-order valence-corrected chi connectivity index (χ3v) is 7.62. The van der Waals surface area contributed by atoms with Gasteiger partial charge in [-0.15, -0.1) is 0 Å². The van der Waals surface area contributed by atoms with Gasteiger partial charge in [-0.25, -0.2) is 8.42 Å². The van der Waals surface area contributed by atoms with E-state index in [1.807, 2.05) is 12.1 Å². The van der Waals surface area contributed by atoms with Crippen LogP contribution < -0.4 is 19.1 Å². The number of para-hydroxylation sites is 2. The SMILES string of the molecule is CCOc1ccccc1N(CC(=O)N(Cc1ccc(OC)cc1)[C@H](C)C(=O)NC1CCCC1)S(C)(=O)=O. The Hall–Kier alpha value is -3.27. The first-order valence-electron chi connectivity index (χ1n) is 12.6. The van der Waals surface area contributed by atoms with Crippen molar-refractivity contribution in [2.24, 2.45) is 0 Å². The quantitative estimate of drug-likeness (QED) is 0.451. The van der Waals surface area contributed by atoms with Crippen LogP contribution in [-0.2, 0) is 26.2 Å². The number of anilines is 1. The smallest absolute Gasteiger partial charge is 0.244 e. The standard InChI is InChI=1S/C27H37N3O6S/c1-5-36-25-13-9-8-12-24(25)30(37(4,33)34)19-26(31)29(18-21-14-16-23(35-3)17-15-21)20(2)27(32)28-22-10-6-7-11-22/h8-9,12-17,20,22H,5-7,10-11,18-19H2,1-4H3,(H,28,32)/t20-/m1/s1. The molecule has 3 rings (SSSR count). The first-order chi connectivity index (χ1) is 17.6. The van der Waals surface area contributed by atoms with Gasteiger partial charge in [0, 0.05) is 12.6 Å². The fraction of sp³-hybridized carbons (Fsp3) is 0.481. The van der Waals surface area contributed by atoms with Crippen molar-refractivity contribution in [3.63, 3.8) is 0 Å². The molecule has 1 saturated carbocycles. The van der Waals surface area contributed by atoms with Gasteiger partial charge in [0.2, 0.25) is 21.8 Å². The lowest BCUT2D eigenvalue weighted by Gasteiger charge is -2.32. The second-order valence-corrected chi connectivity index (χ2v) is 11.1. The van der Waals surface area contributed by atoms with Crippen molar-refractivity contribution in [3.05, 3.63) is 54.1 Å². The molecule has 2 aromatic carbocycles. The highest BCUT2D eigenvalue weighted by Crippen LogP contribution is 2.30. The molecule has 2 amide bonds. The van der Waals surface area contributed by atoms with Crippen LogP contribution in [-0.4, -0.2) is 63.7 Å². The van der Waals surface area contributed by atoms with E-state index in [9.17, 15) is 18.0 Å². The van der Waals surface area contributed by atoms with E-state index in [4.69, 9.17) is 9.47 Å². The van der Waals surface area contributed by atoms with Crippen molar-refractivity contribution in [2.45, 2.75) is 58.2 Å². The Labute approximate surface area is 219 Å². The van der Waals surface area contributed by atoms with Gasteiger partial charge >= 0.3 is 0 Å². The lowest BCUT2D eigenvalue weighted by atomic mass is 10.1. The van der Waals surface area contributed by atoms with E-state index in [1.165, 1.54) is 4.90 Å². The minimum atomic E-state index is -3.85. The minimum absolute atomic E-state index is 0.0958. The summed E-state index contributed by atoms with van der Waals surface area (Å²) in [5.74, 6) is 0.275. The molecule has 10 heteroatoms. The summed E-state index contributed by atoms with van der Waals surface area (Å²) in [7, 11) is -2.28. The molecule has 1 aliphatic rings. The third kappa shape index (κ3) is 7.61. The van der Waals surface area contributed by atoms with Crippen molar-refractivity contribution in [1.82, 2.24) is 10.2 Å². The van der Waals surface area contributed by atoms with Crippen LogP contribution in [0, 0.1) is 0 Å². The highest BCUT2D eigenvalue weighted by molar-refractivity contribution is 7.92. The van der Waals surface area contributed by atoms with Crippen LogP contribution >= 0.6 is 0 Å². The molecule has 1 fully saturated rings. The minimum Gasteiger partial charge on any atom is -0.497 e. The Kier molecular flexibility index (Phi) is 9.79. The summed E-state index contributed by atoms with van der Waals surface area (Å²) in [6.45, 7) is 3.47. The number of sulfonamides is 1. The maximum atomic E-state index is 13.7. The molecule has 0 bridgehead atoms. The first kappa shape index (κ1) is 28.3. The molecule has 0 aromatic heterocycles. The number of nitrogens with zero attached hydrogens (tertiary/aromatic N) is 2. The molecule has 0 spiro atoms. The molecule has 202 valence electrons. The third-order valence-electron chi connectivity index (χ3n) is 6.49. The topological polar surface area (TPSA) is 105 Å². The van der Waals surface area contributed by atoms with Crippen molar-refractivity contribution >= 4 is 27.5 Å². The van der Waals surface area contributed by atoms with Gasteiger partial charge < -0.3 is 19.7 Å². The van der Waals surface area contributed by atoms with Crippen LogP contribution in [0.15, 0.2) is 48.5 Å². The number of rotatable bonds is 12. The van der Waals surface area contributed by atoms with E-state index in [-0.39, 0.29) is 24.2 Å². The molecule has 0 saturated heterocycles. The van der Waals surface area contributed by atoms with Crippen LogP contribution in [0.5, 0.6) is 11.5 Å². The lowest BCUT2D eigenvalue weighted by Crippen LogP contribution is -2.52. The number of carbonyl (C=O) groups excluding carboxylic acids is 2. The molecule has 0 radical (unpaired) electrons. The van der Waals surface area contributed by atoms with E-state index >= 15 is 0 Å². The molecule has 2 aromatic rings. The molecular weight excluding hydrogens is 494 g/mol. The maximum Gasteiger partial charge on any atom is 0.244 e. The van der Waals surface area contributed by atoms with Gasteiger partial charge in [-0.3, -0.25) is 13.9 Å². The zero-order chi connectivity index (χ0) is 27.0. The number of hydrogen-bond acceptors (Lipinski definition) is 6. The molecule has 37 heavy (non-hydrogen) atoms. The van der Waals surface area contributed by atoms with Gasteiger partial charge in [0.15, 0.2) is 0 Å². The summed E-state index contributed by atoms with van der Waals surface area (Å²) in [5, 5.41) is 3.05. The Morgan fingerprint density at radius 3 is 2.32 bits per heavy atom. The number of benzene rings is 2. The molecule has 0 heterocycles. The summed E-state index contributed by atoms with van der Waals surface area (Å²) in [6.07, 6.45) is 5.02. The molecular formula is C27H37N3O6S. The van der Waals surface area contributed by atoms with Crippen molar-refractivity contribution in [1.29, 1.82) is 0 Å². The Bertz CT molecular complexity index is 1160.